The van der Waals surface area contributed by atoms with Crippen molar-refractivity contribution in [2.24, 2.45) is 4.99 Å². The molecule has 0 saturated heterocycles. The van der Waals surface area contributed by atoms with Gasteiger partial charge in [-0.2, -0.15) is 0 Å². The molecule has 0 aliphatic carbocycles. The quantitative estimate of drug-likeness (QED) is 0.278. The van der Waals surface area contributed by atoms with Gasteiger partial charge in [0.2, 0.25) is 0 Å². The zero-order valence-electron chi connectivity index (χ0n) is 16.8. The molecular formula is C22H28IN5O. The summed E-state index contributed by atoms with van der Waals surface area (Å²) in [4.78, 5) is 8.41. The minimum absolute atomic E-state index is 0. The number of aromatic nitrogens is 2. The summed E-state index contributed by atoms with van der Waals surface area (Å²) in [6.45, 7) is 4.81. The highest BCUT2D eigenvalue weighted by Gasteiger charge is 2.05. The summed E-state index contributed by atoms with van der Waals surface area (Å²) in [7, 11) is 1.78. The van der Waals surface area contributed by atoms with Crippen LogP contribution in [0.25, 0.3) is 0 Å². The highest BCUT2D eigenvalue weighted by Crippen LogP contribution is 2.17. The highest BCUT2D eigenvalue weighted by molar-refractivity contribution is 14.0. The molecule has 0 spiro atoms. The van der Waals surface area contributed by atoms with E-state index in [1.54, 1.807) is 13.2 Å². The minimum Gasteiger partial charge on any atom is -0.494 e. The smallest absolute Gasteiger partial charge is 0.191 e. The van der Waals surface area contributed by atoms with Gasteiger partial charge in [0.15, 0.2) is 5.96 Å². The van der Waals surface area contributed by atoms with E-state index in [9.17, 15) is 0 Å². The molecule has 1 aromatic heterocycles. The average molecular weight is 505 g/mol. The topological polar surface area (TPSA) is 63.5 Å². The summed E-state index contributed by atoms with van der Waals surface area (Å²) in [5.74, 6) is 1.66. The number of nitrogens with zero attached hydrogens (tertiary/aromatic N) is 3. The van der Waals surface area contributed by atoms with Gasteiger partial charge in [-0.05, 0) is 24.1 Å². The van der Waals surface area contributed by atoms with Crippen LogP contribution in [0, 0.1) is 0 Å². The Morgan fingerprint density at radius 2 is 1.86 bits per heavy atom. The van der Waals surface area contributed by atoms with E-state index in [-0.39, 0.29) is 24.0 Å². The van der Waals surface area contributed by atoms with E-state index in [1.165, 1.54) is 11.1 Å². The van der Waals surface area contributed by atoms with E-state index in [4.69, 9.17) is 4.74 Å². The van der Waals surface area contributed by atoms with Crippen molar-refractivity contribution in [2.75, 3.05) is 13.7 Å². The summed E-state index contributed by atoms with van der Waals surface area (Å²) in [5.41, 5.74) is 3.55. The highest BCUT2D eigenvalue weighted by atomic mass is 127. The maximum Gasteiger partial charge on any atom is 0.191 e. The van der Waals surface area contributed by atoms with E-state index >= 15 is 0 Å². The van der Waals surface area contributed by atoms with E-state index in [0.717, 1.165) is 23.8 Å². The SMILES string of the molecule is CCOc1ccccc1CNC(=NC)NCc1cccc(Cn2ccnc2)c1.I. The Morgan fingerprint density at radius 1 is 1.07 bits per heavy atom. The average Bonchev–Trinajstić information content (AvgIpc) is 3.23. The third-order valence-corrected chi connectivity index (χ3v) is 4.32. The summed E-state index contributed by atoms with van der Waals surface area (Å²) in [5, 5.41) is 6.72. The van der Waals surface area contributed by atoms with Crippen molar-refractivity contribution in [3.8, 4) is 5.75 Å². The van der Waals surface area contributed by atoms with Crippen molar-refractivity contribution < 1.29 is 4.74 Å². The summed E-state index contributed by atoms with van der Waals surface area (Å²) in [6, 6.07) is 16.6. The largest absolute Gasteiger partial charge is 0.494 e. The molecule has 0 unspecified atom stereocenters. The first-order valence-electron chi connectivity index (χ1n) is 9.47. The zero-order chi connectivity index (χ0) is 19.6. The molecule has 0 aliphatic rings. The van der Waals surface area contributed by atoms with Crippen LogP contribution in [-0.2, 0) is 19.6 Å². The standard InChI is InChI=1S/C22H27N5O.HI/c1-3-28-21-10-5-4-9-20(21)15-26-22(23-2)25-14-18-7-6-8-19(13-18)16-27-12-11-24-17-27;/h4-13,17H,3,14-16H2,1-2H3,(H2,23,25,26);1H. The molecule has 1 heterocycles. The van der Waals surface area contributed by atoms with Crippen LogP contribution in [0.3, 0.4) is 0 Å². The molecule has 0 radical (unpaired) electrons. The van der Waals surface area contributed by atoms with Crippen LogP contribution >= 0.6 is 24.0 Å². The Kier molecular flexibility index (Phi) is 9.49. The Hall–Kier alpha value is -2.55. The zero-order valence-corrected chi connectivity index (χ0v) is 19.2. The number of benzene rings is 2. The van der Waals surface area contributed by atoms with Gasteiger partial charge in [-0.3, -0.25) is 4.99 Å². The molecule has 6 nitrogen and oxygen atoms in total. The van der Waals surface area contributed by atoms with Crippen molar-refractivity contribution in [1.29, 1.82) is 0 Å². The summed E-state index contributed by atoms with van der Waals surface area (Å²) in [6.07, 6.45) is 5.60. The van der Waals surface area contributed by atoms with Crippen LogP contribution in [0.5, 0.6) is 5.75 Å². The normalized spacial score (nSPS) is 10.9. The molecule has 0 aliphatic heterocycles. The first kappa shape index (κ1) is 22.7. The number of halogens is 1. The Morgan fingerprint density at radius 3 is 2.62 bits per heavy atom. The van der Waals surface area contributed by atoms with E-state index in [1.807, 2.05) is 37.6 Å². The maximum atomic E-state index is 5.68. The molecule has 0 bridgehead atoms. The van der Waals surface area contributed by atoms with Gasteiger partial charge in [-0.1, -0.05) is 42.5 Å². The van der Waals surface area contributed by atoms with E-state index < -0.39 is 0 Å². The van der Waals surface area contributed by atoms with Gasteiger partial charge >= 0.3 is 0 Å². The first-order valence-corrected chi connectivity index (χ1v) is 9.47. The van der Waals surface area contributed by atoms with Crippen molar-refractivity contribution >= 4 is 29.9 Å². The summed E-state index contributed by atoms with van der Waals surface area (Å²) >= 11 is 0. The molecule has 2 N–H and O–H groups in total. The number of aliphatic imine (C=N–C) groups is 1. The van der Waals surface area contributed by atoms with Gasteiger partial charge in [-0.15, -0.1) is 24.0 Å². The van der Waals surface area contributed by atoms with Gasteiger partial charge < -0.3 is 19.9 Å². The lowest BCUT2D eigenvalue weighted by atomic mass is 10.1. The van der Waals surface area contributed by atoms with Gasteiger partial charge in [-0.25, -0.2) is 4.98 Å². The van der Waals surface area contributed by atoms with Crippen LogP contribution in [0.1, 0.15) is 23.6 Å². The first-order chi connectivity index (χ1) is 13.8. The van der Waals surface area contributed by atoms with E-state index in [0.29, 0.717) is 19.7 Å². The number of hydrogen-bond acceptors (Lipinski definition) is 3. The van der Waals surface area contributed by atoms with Crippen molar-refractivity contribution in [3.05, 3.63) is 83.9 Å². The van der Waals surface area contributed by atoms with Crippen molar-refractivity contribution in [2.45, 2.75) is 26.6 Å². The van der Waals surface area contributed by atoms with E-state index in [2.05, 4.69) is 55.5 Å². The molecule has 7 heteroatoms. The van der Waals surface area contributed by atoms with Gasteiger partial charge in [0.1, 0.15) is 5.75 Å². The second-order valence-electron chi connectivity index (χ2n) is 6.38. The number of imidazole rings is 1. The Bertz CT molecular complexity index is 896. The number of nitrogens with one attached hydrogen (secondary N) is 2. The third-order valence-electron chi connectivity index (χ3n) is 4.32. The van der Waals surface area contributed by atoms with Gasteiger partial charge in [0.05, 0.1) is 12.9 Å². The van der Waals surface area contributed by atoms with Gasteiger partial charge in [0, 0.05) is 44.6 Å². The lowest BCUT2D eigenvalue weighted by molar-refractivity contribution is 0.336. The summed E-state index contributed by atoms with van der Waals surface area (Å²) < 4.78 is 7.74. The second-order valence-corrected chi connectivity index (χ2v) is 6.38. The molecule has 0 fully saturated rings. The van der Waals surface area contributed by atoms with Crippen molar-refractivity contribution in [3.63, 3.8) is 0 Å². The number of hydrogen-bond donors (Lipinski definition) is 2. The molecule has 2 aromatic carbocycles. The molecule has 0 atom stereocenters. The third kappa shape index (κ3) is 7.08. The number of rotatable bonds is 8. The van der Waals surface area contributed by atoms with Crippen LogP contribution in [0.15, 0.2) is 72.2 Å². The molecule has 0 amide bonds. The number of ether oxygens (including phenoxy) is 1. The number of para-hydroxylation sites is 1. The monoisotopic (exact) mass is 505 g/mol. The lowest BCUT2D eigenvalue weighted by Crippen LogP contribution is -2.36. The molecule has 0 saturated carbocycles. The fraction of sp³-hybridized carbons (Fsp3) is 0.273. The second kappa shape index (κ2) is 12.1. The molecular weight excluding hydrogens is 477 g/mol. The van der Waals surface area contributed by atoms with Gasteiger partial charge in [0.25, 0.3) is 0 Å². The van der Waals surface area contributed by atoms with Crippen LogP contribution < -0.4 is 15.4 Å². The van der Waals surface area contributed by atoms with Crippen molar-refractivity contribution in [1.82, 2.24) is 20.2 Å². The lowest BCUT2D eigenvalue weighted by Gasteiger charge is -2.14. The Labute approximate surface area is 189 Å². The Balaban J connectivity index is 0.00000300. The predicted octanol–water partition coefficient (Wildman–Crippen LogP) is 3.81. The molecule has 154 valence electrons. The maximum absolute atomic E-state index is 5.68. The van der Waals surface area contributed by atoms with Crippen LogP contribution in [0.4, 0.5) is 0 Å². The molecule has 29 heavy (non-hydrogen) atoms. The minimum atomic E-state index is 0. The number of guanidine groups is 1. The van der Waals surface area contributed by atoms with Crippen LogP contribution in [-0.4, -0.2) is 29.2 Å². The molecule has 3 aromatic rings. The predicted molar refractivity (Wildman–Crippen MR) is 128 cm³/mol. The molecule has 3 rings (SSSR count). The fourth-order valence-electron chi connectivity index (χ4n) is 2.96. The fourth-order valence-corrected chi connectivity index (χ4v) is 2.96. The van der Waals surface area contributed by atoms with Crippen LogP contribution in [0.2, 0.25) is 0 Å².